The zero-order valence-corrected chi connectivity index (χ0v) is 19.9. The molecule has 0 spiro atoms. The second-order valence-electron chi connectivity index (χ2n) is 9.22. The van der Waals surface area contributed by atoms with Crippen molar-refractivity contribution in [2.24, 2.45) is 0 Å². The summed E-state index contributed by atoms with van der Waals surface area (Å²) in [6.45, 7) is 1.51. The summed E-state index contributed by atoms with van der Waals surface area (Å²) in [4.78, 5) is 28.2. The lowest BCUT2D eigenvalue weighted by atomic mass is 10.0. The van der Waals surface area contributed by atoms with E-state index in [0.29, 0.717) is 12.1 Å². The largest absolute Gasteiger partial charge is 0.376 e. The molecule has 2 aliphatic rings. The number of carbonyl (C=O) groups excluding carboxylic acids is 2. The van der Waals surface area contributed by atoms with Crippen LogP contribution in [0.2, 0.25) is 0 Å². The lowest BCUT2D eigenvalue weighted by molar-refractivity contribution is -0.122. The average Bonchev–Trinajstić information content (AvgIpc) is 3.62. The summed E-state index contributed by atoms with van der Waals surface area (Å²) in [7, 11) is 0. The Balaban J connectivity index is 1.34. The highest BCUT2D eigenvalue weighted by atomic mass is 16.5. The van der Waals surface area contributed by atoms with E-state index < -0.39 is 0 Å². The third kappa shape index (κ3) is 4.10. The molecule has 36 heavy (non-hydrogen) atoms. The average molecular weight is 478 g/mol. The lowest BCUT2D eigenvalue weighted by Crippen LogP contribution is -2.34. The Morgan fingerprint density at radius 1 is 1.00 bits per heavy atom. The van der Waals surface area contributed by atoms with Crippen molar-refractivity contribution in [1.29, 1.82) is 0 Å². The van der Waals surface area contributed by atoms with Gasteiger partial charge in [-0.2, -0.15) is 0 Å². The number of para-hydroxylation sites is 3. The maximum Gasteiger partial charge on any atom is 0.263 e. The molecule has 6 rings (SSSR count). The fourth-order valence-electron chi connectivity index (χ4n) is 5.13. The van der Waals surface area contributed by atoms with E-state index in [1.54, 1.807) is 4.90 Å². The van der Waals surface area contributed by atoms with Crippen molar-refractivity contribution in [3.05, 3.63) is 96.2 Å². The van der Waals surface area contributed by atoms with Crippen molar-refractivity contribution in [1.82, 2.24) is 9.88 Å². The lowest BCUT2D eigenvalue weighted by Gasteiger charge is -2.16. The van der Waals surface area contributed by atoms with Gasteiger partial charge in [0.15, 0.2) is 0 Å². The first-order chi connectivity index (χ1) is 17.7. The third-order valence-corrected chi connectivity index (χ3v) is 6.87. The van der Waals surface area contributed by atoms with Crippen molar-refractivity contribution >= 4 is 45.7 Å². The van der Waals surface area contributed by atoms with Crippen LogP contribution in [0.4, 0.5) is 11.4 Å². The summed E-state index contributed by atoms with van der Waals surface area (Å²) in [5, 5.41) is 4.00. The number of nitrogens with one attached hydrogen (secondary N) is 1. The van der Waals surface area contributed by atoms with Gasteiger partial charge in [0.05, 0.1) is 17.4 Å². The highest BCUT2D eigenvalue weighted by Crippen LogP contribution is 2.42. The molecule has 1 atom stereocenters. The van der Waals surface area contributed by atoms with Crippen molar-refractivity contribution in [2.45, 2.75) is 25.5 Å². The summed E-state index contributed by atoms with van der Waals surface area (Å²) in [6, 6.07) is 25.5. The number of hydrogen-bond acceptors (Lipinski definition) is 3. The molecular weight excluding hydrogens is 450 g/mol. The van der Waals surface area contributed by atoms with Gasteiger partial charge < -0.3 is 14.6 Å². The minimum atomic E-state index is -0.0615. The predicted molar refractivity (Wildman–Crippen MR) is 142 cm³/mol. The third-order valence-electron chi connectivity index (χ3n) is 6.87. The monoisotopic (exact) mass is 477 g/mol. The van der Waals surface area contributed by atoms with Gasteiger partial charge in [0, 0.05) is 47.1 Å². The normalized spacial score (nSPS) is 18.2. The van der Waals surface area contributed by atoms with Crippen molar-refractivity contribution in [2.75, 3.05) is 18.1 Å². The Kier molecular flexibility index (Phi) is 5.87. The Hall–Kier alpha value is -4.16. The molecule has 1 saturated heterocycles. The SMILES string of the molecule is O=C(Cn1cc(/C=C2/C(=O)N(c3ccccc3)c3ccccc32)c2ccccc21)NCC1CCCO1. The van der Waals surface area contributed by atoms with Gasteiger partial charge >= 0.3 is 0 Å². The number of rotatable bonds is 6. The number of amides is 2. The smallest absolute Gasteiger partial charge is 0.263 e. The van der Waals surface area contributed by atoms with Crippen LogP contribution in [0.25, 0.3) is 22.6 Å². The van der Waals surface area contributed by atoms with Gasteiger partial charge in [0.1, 0.15) is 6.54 Å². The number of fused-ring (bicyclic) bond motifs is 2. The summed E-state index contributed by atoms with van der Waals surface area (Å²) in [6.07, 6.45) is 6.05. The Morgan fingerprint density at radius 2 is 1.78 bits per heavy atom. The molecule has 3 aromatic carbocycles. The molecule has 0 bridgehead atoms. The van der Waals surface area contributed by atoms with Crippen molar-refractivity contribution < 1.29 is 14.3 Å². The first kappa shape index (κ1) is 22.3. The van der Waals surface area contributed by atoms with E-state index in [1.165, 1.54) is 0 Å². The fraction of sp³-hybridized carbons (Fsp3) is 0.200. The standard InChI is InChI=1S/C30H27N3O3/c34-29(31-18-23-11-8-16-36-23)20-32-19-21(24-12-4-6-14-27(24)32)17-26-25-13-5-7-15-28(25)33(30(26)35)22-9-2-1-3-10-22/h1-7,9-10,12-15,17,19,23H,8,11,16,18,20H2,(H,31,34)/b26-17+. The maximum atomic E-state index is 13.7. The Bertz CT molecular complexity index is 1470. The molecule has 6 heteroatoms. The number of hydrogen-bond donors (Lipinski definition) is 1. The van der Waals surface area contributed by atoms with E-state index in [4.69, 9.17) is 4.74 Å². The maximum absolute atomic E-state index is 13.7. The first-order valence-corrected chi connectivity index (χ1v) is 12.4. The van der Waals surface area contributed by atoms with Gasteiger partial charge in [-0.05, 0) is 43.2 Å². The fourth-order valence-corrected chi connectivity index (χ4v) is 5.13. The number of anilines is 2. The van der Waals surface area contributed by atoms with Crippen molar-refractivity contribution in [3.63, 3.8) is 0 Å². The van der Waals surface area contributed by atoms with Crippen LogP contribution in [0.3, 0.4) is 0 Å². The van der Waals surface area contributed by atoms with Crippen LogP contribution < -0.4 is 10.2 Å². The van der Waals surface area contributed by atoms with Crippen LogP contribution in [-0.4, -0.2) is 35.6 Å². The van der Waals surface area contributed by atoms with Crippen LogP contribution in [0.5, 0.6) is 0 Å². The number of nitrogens with zero attached hydrogens (tertiary/aromatic N) is 2. The van der Waals surface area contributed by atoms with Crippen LogP contribution in [0.1, 0.15) is 24.0 Å². The van der Waals surface area contributed by atoms with Gasteiger partial charge in [0.2, 0.25) is 5.91 Å². The first-order valence-electron chi connectivity index (χ1n) is 12.4. The molecule has 3 heterocycles. The van der Waals surface area contributed by atoms with Crippen LogP contribution in [0.15, 0.2) is 85.1 Å². The molecular formula is C30H27N3O3. The molecule has 1 N–H and O–H groups in total. The summed E-state index contributed by atoms with van der Waals surface area (Å²) in [5.41, 5.74) is 5.11. The molecule has 0 aliphatic carbocycles. The summed E-state index contributed by atoms with van der Waals surface area (Å²) < 4.78 is 7.57. The molecule has 1 fully saturated rings. The van der Waals surface area contributed by atoms with Gasteiger partial charge in [-0.15, -0.1) is 0 Å². The topological polar surface area (TPSA) is 63.6 Å². The number of carbonyl (C=O) groups is 2. The van der Waals surface area contributed by atoms with Crippen molar-refractivity contribution in [3.8, 4) is 0 Å². The van der Waals surface area contributed by atoms with Crippen LogP contribution >= 0.6 is 0 Å². The second-order valence-corrected chi connectivity index (χ2v) is 9.22. The quantitative estimate of drug-likeness (QED) is 0.391. The zero-order chi connectivity index (χ0) is 24.5. The highest BCUT2D eigenvalue weighted by Gasteiger charge is 2.33. The van der Waals surface area contributed by atoms with E-state index in [9.17, 15) is 9.59 Å². The molecule has 6 nitrogen and oxygen atoms in total. The van der Waals surface area contributed by atoms with E-state index in [1.807, 2.05) is 95.7 Å². The summed E-state index contributed by atoms with van der Waals surface area (Å²) >= 11 is 0. The molecule has 4 aromatic rings. The molecule has 180 valence electrons. The van der Waals surface area contributed by atoms with Gasteiger partial charge in [-0.25, -0.2) is 0 Å². The van der Waals surface area contributed by atoms with E-state index in [-0.39, 0.29) is 24.5 Å². The number of benzene rings is 3. The molecule has 1 unspecified atom stereocenters. The van der Waals surface area contributed by atoms with E-state index in [0.717, 1.165) is 52.9 Å². The van der Waals surface area contributed by atoms with Crippen LogP contribution in [0, 0.1) is 0 Å². The second kappa shape index (κ2) is 9.47. The van der Waals surface area contributed by atoms with E-state index in [2.05, 4.69) is 5.32 Å². The zero-order valence-electron chi connectivity index (χ0n) is 19.9. The Morgan fingerprint density at radius 3 is 2.61 bits per heavy atom. The molecule has 2 amide bonds. The van der Waals surface area contributed by atoms with Gasteiger partial charge in [-0.3, -0.25) is 14.5 Å². The minimum absolute atomic E-state index is 0.0528. The molecule has 2 aliphatic heterocycles. The minimum Gasteiger partial charge on any atom is -0.376 e. The van der Waals surface area contributed by atoms with Gasteiger partial charge in [0.25, 0.3) is 5.91 Å². The number of aromatic nitrogens is 1. The van der Waals surface area contributed by atoms with E-state index >= 15 is 0 Å². The van der Waals surface area contributed by atoms with Crippen LogP contribution in [-0.2, 0) is 20.9 Å². The molecule has 0 saturated carbocycles. The molecule has 0 radical (unpaired) electrons. The number of ether oxygens (including phenoxy) is 1. The van der Waals surface area contributed by atoms with Gasteiger partial charge in [-0.1, -0.05) is 54.6 Å². The highest BCUT2D eigenvalue weighted by molar-refractivity contribution is 6.38. The summed E-state index contributed by atoms with van der Waals surface area (Å²) in [5.74, 6) is -0.114. The molecule has 1 aromatic heterocycles. The Labute approximate surface area is 209 Å². The predicted octanol–water partition coefficient (Wildman–Crippen LogP) is 5.16.